The Morgan fingerprint density at radius 1 is 1.33 bits per heavy atom. The molecule has 0 aliphatic carbocycles. The molecule has 1 saturated heterocycles. The lowest BCUT2D eigenvalue weighted by molar-refractivity contribution is -0.126. The Morgan fingerprint density at radius 3 is 2.53 bits per heavy atom. The Hall–Kier alpha value is -0.570. The zero-order chi connectivity index (χ0) is 11.4. The normalized spacial score (nSPS) is 28.9. The number of hydrogen-bond donors (Lipinski definition) is 2. The van der Waals surface area contributed by atoms with Crippen LogP contribution in [0.4, 0.5) is 0 Å². The first kappa shape index (κ1) is 12.5. The van der Waals surface area contributed by atoms with Gasteiger partial charge in [0.05, 0.1) is 5.92 Å². The molecule has 0 saturated carbocycles. The molecular formula is C12H24N2O. The van der Waals surface area contributed by atoms with Crippen molar-refractivity contribution >= 4 is 5.91 Å². The first-order valence-corrected chi connectivity index (χ1v) is 6.01. The Bertz CT molecular complexity index is 216. The highest BCUT2D eigenvalue weighted by molar-refractivity contribution is 5.79. The van der Waals surface area contributed by atoms with Crippen LogP contribution < -0.4 is 10.6 Å². The van der Waals surface area contributed by atoms with Crippen LogP contribution in [0.1, 0.15) is 34.1 Å². The molecule has 3 heteroatoms. The number of nitrogens with one attached hydrogen (secondary N) is 2. The molecule has 1 amide bonds. The first-order chi connectivity index (χ1) is 7.00. The fraction of sp³-hybridized carbons (Fsp3) is 0.917. The minimum absolute atomic E-state index is 0.162. The number of hydrogen-bond acceptors (Lipinski definition) is 2. The van der Waals surface area contributed by atoms with E-state index in [1.807, 2.05) is 0 Å². The van der Waals surface area contributed by atoms with Gasteiger partial charge in [-0.25, -0.2) is 0 Å². The smallest absolute Gasteiger partial charge is 0.224 e. The SMILES string of the molecule is CC1CNCC(C(=O)NC(C)C(C)C)C1. The first-order valence-electron chi connectivity index (χ1n) is 6.01. The zero-order valence-corrected chi connectivity index (χ0v) is 10.3. The predicted octanol–water partition coefficient (Wildman–Crippen LogP) is 1.39. The largest absolute Gasteiger partial charge is 0.353 e. The van der Waals surface area contributed by atoms with Crippen LogP contribution >= 0.6 is 0 Å². The molecule has 1 fully saturated rings. The summed E-state index contributed by atoms with van der Waals surface area (Å²) < 4.78 is 0. The lowest BCUT2D eigenvalue weighted by Crippen LogP contribution is -2.46. The van der Waals surface area contributed by atoms with Gasteiger partial charge in [0, 0.05) is 12.6 Å². The summed E-state index contributed by atoms with van der Waals surface area (Å²) in [5, 5.41) is 6.40. The van der Waals surface area contributed by atoms with Gasteiger partial charge in [0.2, 0.25) is 5.91 Å². The number of carbonyl (C=O) groups excluding carboxylic acids is 1. The van der Waals surface area contributed by atoms with Crippen molar-refractivity contribution in [3.05, 3.63) is 0 Å². The standard InChI is InChI=1S/C12H24N2O/c1-8(2)10(4)14-12(15)11-5-9(3)6-13-7-11/h8-11,13H,5-7H2,1-4H3,(H,14,15). The topological polar surface area (TPSA) is 41.1 Å². The molecule has 1 aliphatic rings. The minimum Gasteiger partial charge on any atom is -0.353 e. The minimum atomic E-state index is 0.162. The summed E-state index contributed by atoms with van der Waals surface area (Å²) in [7, 11) is 0. The van der Waals surface area contributed by atoms with Crippen molar-refractivity contribution in [3.8, 4) is 0 Å². The Labute approximate surface area is 93.0 Å². The van der Waals surface area contributed by atoms with Crippen LogP contribution in [0.25, 0.3) is 0 Å². The van der Waals surface area contributed by atoms with E-state index in [0.717, 1.165) is 19.5 Å². The molecule has 0 radical (unpaired) electrons. The maximum Gasteiger partial charge on any atom is 0.224 e. The van der Waals surface area contributed by atoms with Crippen molar-refractivity contribution in [2.75, 3.05) is 13.1 Å². The maximum atomic E-state index is 11.9. The van der Waals surface area contributed by atoms with Gasteiger partial charge in [0.1, 0.15) is 0 Å². The molecule has 0 aromatic heterocycles. The molecule has 15 heavy (non-hydrogen) atoms. The molecule has 88 valence electrons. The predicted molar refractivity (Wildman–Crippen MR) is 62.6 cm³/mol. The highest BCUT2D eigenvalue weighted by Crippen LogP contribution is 2.16. The highest BCUT2D eigenvalue weighted by Gasteiger charge is 2.25. The fourth-order valence-electron chi connectivity index (χ4n) is 1.86. The van der Waals surface area contributed by atoms with Crippen molar-refractivity contribution in [1.82, 2.24) is 10.6 Å². The van der Waals surface area contributed by atoms with Crippen LogP contribution in [0.15, 0.2) is 0 Å². The van der Waals surface area contributed by atoms with E-state index in [2.05, 4.69) is 38.3 Å². The van der Waals surface area contributed by atoms with Gasteiger partial charge in [0.15, 0.2) is 0 Å². The van der Waals surface area contributed by atoms with Crippen LogP contribution in [-0.2, 0) is 4.79 Å². The quantitative estimate of drug-likeness (QED) is 0.742. The van der Waals surface area contributed by atoms with Crippen molar-refractivity contribution in [3.63, 3.8) is 0 Å². The second-order valence-electron chi connectivity index (χ2n) is 5.24. The van der Waals surface area contributed by atoms with Gasteiger partial charge in [-0.05, 0) is 31.7 Å². The van der Waals surface area contributed by atoms with Crippen molar-refractivity contribution in [2.45, 2.75) is 40.2 Å². The molecule has 3 atom stereocenters. The third-order valence-corrected chi connectivity index (χ3v) is 3.31. The molecule has 3 nitrogen and oxygen atoms in total. The van der Waals surface area contributed by atoms with Crippen LogP contribution in [0.5, 0.6) is 0 Å². The van der Waals surface area contributed by atoms with E-state index in [1.54, 1.807) is 0 Å². The summed E-state index contributed by atoms with van der Waals surface area (Å²) in [6, 6.07) is 0.273. The maximum absolute atomic E-state index is 11.9. The number of amides is 1. The second-order valence-corrected chi connectivity index (χ2v) is 5.24. The van der Waals surface area contributed by atoms with Crippen LogP contribution in [0.2, 0.25) is 0 Å². The van der Waals surface area contributed by atoms with E-state index in [-0.39, 0.29) is 17.9 Å². The van der Waals surface area contributed by atoms with Crippen LogP contribution in [0, 0.1) is 17.8 Å². The van der Waals surface area contributed by atoms with E-state index in [0.29, 0.717) is 11.8 Å². The highest BCUT2D eigenvalue weighted by atomic mass is 16.2. The fourth-order valence-corrected chi connectivity index (χ4v) is 1.86. The molecule has 3 unspecified atom stereocenters. The van der Waals surface area contributed by atoms with E-state index in [9.17, 15) is 4.79 Å². The summed E-state index contributed by atoms with van der Waals surface area (Å²) in [6.07, 6.45) is 1.02. The summed E-state index contributed by atoms with van der Waals surface area (Å²) in [6.45, 7) is 10.4. The lowest BCUT2D eigenvalue weighted by atomic mass is 9.91. The second kappa shape index (κ2) is 5.50. The lowest BCUT2D eigenvalue weighted by Gasteiger charge is -2.28. The molecule has 1 aliphatic heterocycles. The Balaban J connectivity index is 2.39. The molecule has 1 heterocycles. The van der Waals surface area contributed by atoms with Gasteiger partial charge in [0.25, 0.3) is 0 Å². The van der Waals surface area contributed by atoms with Crippen molar-refractivity contribution in [1.29, 1.82) is 0 Å². The molecule has 0 aromatic rings. The van der Waals surface area contributed by atoms with Crippen molar-refractivity contribution in [2.24, 2.45) is 17.8 Å². The monoisotopic (exact) mass is 212 g/mol. The molecule has 0 bridgehead atoms. The van der Waals surface area contributed by atoms with E-state index in [1.165, 1.54) is 0 Å². The molecule has 0 spiro atoms. The third kappa shape index (κ3) is 3.82. The summed E-state index contributed by atoms with van der Waals surface area (Å²) in [5.74, 6) is 1.50. The van der Waals surface area contributed by atoms with E-state index in [4.69, 9.17) is 0 Å². The summed E-state index contributed by atoms with van der Waals surface area (Å²) in [4.78, 5) is 11.9. The zero-order valence-electron chi connectivity index (χ0n) is 10.3. The molecule has 2 N–H and O–H groups in total. The van der Waals surface area contributed by atoms with Crippen LogP contribution in [0.3, 0.4) is 0 Å². The molecular weight excluding hydrogens is 188 g/mol. The number of rotatable bonds is 3. The van der Waals surface area contributed by atoms with E-state index < -0.39 is 0 Å². The van der Waals surface area contributed by atoms with Gasteiger partial charge in [-0.15, -0.1) is 0 Å². The number of piperidine rings is 1. The molecule has 1 rings (SSSR count). The van der Waals surface area contributed by atoms with Gasteiger partial charge in [-0.2, -0.15) is 0 Å². The third-order valence-electron chi connectivity index (χ3n) is 3.31. The van der Waals surface area contributed by atoms with Gasteiger partial charge >= 0.3 is 0 Å². The average Bonchev–Trinajstić information content (AvgIpc) is 2.17. The van der Waals surface area contributed by atoms with Crippen LogP contribution in [-0.4, -0.2) is 25.0 Å². The van der Waals surface area contributed by atoms with Gasteiger partial charge in [-0.3, -0.25) is 4.79 Å². The number of carbonyl (C=O) groups is 1. The Kier molecular flexibility index (Phi) is 4.58. The Morgan fingerprint density at radius 2 is 2.00 bits per heavy atom. The van der Waals surface area contributed by atoms with Gasteiger partial charge < -0.3 is 10.6 Å². The molecule has 0 aromatic carbocycles. The summed E-state index contributed by atoms with van der Waals surface area (Å²) >= 11 is 0. The summed E-state index contributed by atoms with van der Waals surface area (Å²) in [5.41, 5.74) is 0. The van der Waals surface area contributed by atoms with E-state index >= 15 is 0 Å². The van der Waals surface area contributed by atoms with Gasteiger partial charge in [-0.1, -0.05) is 20.8 Å². The average molecular weight is 212 g/mol. The van der Waals surface area contributed by atoms with Crippen molar-refractivity contribution < 1.29 is 4.79 Å².